The Morgan fingerprint density at radius 1 is 1.25 bits per heavy atom. The quantitative estimate of drug-likeness (QED) is 0.703. The van der Waals surface area contributed by atoms with Crippen LogP contribution in [0.15, 0.2) is 6.07 Å². The van der Waals surface area contributed by atoms with E-state index in [1.165, 1.54) is 0 Å². The minimum Gasteiger partial charge on any atom is -0.370 e. The van der Waals surface area contributed by atoms with Crippen LogP contribution in [0.2, 0.25) is 0 Å². The van der Waals surface area contributed by atoms with Crippen molar-refractivity contribution < 1.29 is 0 Å². The maximum absolute atomic E-state index is 5.90. The van der Waals surface area contributed by atoms with Gasteiger partial charge in [0.05, 0.1) is 0 Å². The molecule has 0 amide bonds. The van der Waals surface area contributed by atoms with E-state index < -0.39 is 0 Å². The Morgan fingerprint density at radius 3 is 2.31 bits per heavy atom. The molecule has 1 aromatic rings. The van der Waals surface area contributed by atoms with Crippen LogP contribution in [0.1, 0.15) is 26.6 Å². The van der Waals surface area contributed by atoms with E-state index in [0.29, 0.717) is 6.54 Å². The Kier molecular flexibility index (Phi) is 4.06. The third-order valence-electron chi connectivity index (χ3n) is 1.92. The maximum Gasteiger partial charge on any atom is 0.131 e. The highest BCUT2D eigenvalue weighted by molar-refractivity contribution is 5.47. The number of nitrogens with two attached hydrogens (primary N) is 1. The molecule has 0 aliphatic rings. The molecule has 4 N–H and O–H groups in total. The normalized spacial score (nSPS) is 11.3. The molecule has 16 heavy (non-hydrogen) atoms. The zero-order valence-electron chi connectivity index (χ0n) is 10.5. The molecule has 0 radical (unpaired) electrons. The molecule has 0 fully saturated rings. The van der Waals surface area contributed by atoms with E-state index in [9.17, 15) is 0 Å². The second-order valence-electron chi connectivity index (χ2n) is 4.56. The fraction of sp³-hybridized carbons (Fsp3) is 0.636. The zero-order chi connectivity index (χ0) is 12.2. The molecular formula is C11H21N5. The number of aromatic nitrogens is 2. The van der Waals surface area contributed by atoms with E-state index in [1.54, 1.807) is 0 Å². The molecule has 0 spiro atoms. The van der Waals surface area contributed by atoms with Crippen molar-refractivity contribution in [1.82, 2.24) is 9.97 Å². The van der Waals surface area contributed by atoms with Crippen molar-refractivity contribution in [3.8, 4) is 0 Å². The minimum atomic E-state index is -0.253. The molecule has 0 bridgehead atoms. The third kappa shape index (κ3) is 4.44. The summed E-state index contributed by atoms with van der Waals surface area (Å²) in [5, 5.41) is 6.37. The van der Waals surface area contributed by atoms with Crippen LogP contribution < -0.4 is 16.4 Å². The average Bonchev–Trinajstić information content (AvgIpc) is 2.13. The summed E-state index contributed by atoms with van der Waals surface area (Å²) < 4.78 is 0. The molecule has 0 atom stereocenters. The van der Waals surface area contributed by atoms with Gasteiger partial charge >= 0.3 is 0 Å². The van der Waals surface area contributed by atoms with Crippen LogP contribution in [-0.2, 0) is 0 Å². The molecule has 0 unspecified atom stereocenters. The van der Waals surface area contributed by atoms with E-state index in [1.807, 2.05) is 33.8 Å². The highest BCUT2D eigenvalue weighted by Crippen LogP contribution is 2.11. The lowest BCUT2D eigenvalue weighted by Crippen LogP contribution is -2.39. The summed E-state index contributed by atoms with van der Waals surface area (Å²) in [4.78, 5) is 8.58. The van der Waals surface area contributed by atoms with Crippen LogP contribution in [0.5, 0.6) is 0 Å². The van der Waals surface area contributed by atoms with Crippen molar-refractivity contribution in [2.75, 3.05) is 23.7 Å². The maximum atomic E-state index is 5.90. The highest BCUT2D eigenvalue weighted by Gasteiger charge is 2.10. The summed E-state index contributed by atoms with van der Waals surface area (Å²) in [7, 11) is 0. The van der Waals surface area contributed by atoms with E-state index in [4.69, 9.17) is 5.73 Å². The van der Waals surface area contributed by atoms with Gasteiger partial charge < -0.3 is 16.4 Å². The van der Waals surface area contributed by atoms with Crippen molar-refractivity contribution in [2.24, 2.45) is 5.73 Å². The van der Waals surface area contributed by atoms with Gasteiger partial charge in [0, 0.05) is 24.7 Å². The molecule has 0 saturated heterocycles. The lowest BCUT2D eigenvalue weighted by molar-refractivity contribution is 0.548. The second-order valence-corrected chi connectivity index (χ2v) is 4.56. The summed E-state index contributed by atoms with van der Waals surface area (Å²) >= 11 is 0. The summed E-state index contributed by atoms with van der Waals surface area (Å²) in [6, 6.07) is 1.89. The molecular weight excluding hydrogens is 202 g/mol. The average molecular weight is 223 g/mol. The Labute approximate surface area is 96.9 Å². The first-order valence-electron chi connectivity index (χ1n) is 5.53. The predicted molar refractivity (Wildman–Crippen MR) is 67.7 cm³/mol. The summed E-state index contributed by atoms with van der Waals surface area (Å²) in [5.74, 6) is 2.39. The molecule has 1 rings (SSSR count). The minimum absolute atomic E-state index is 0.253. The van der Waals surface area contributed by atoms with Gasteiger partial charge in [-0.05, 0) is 27.7 Å². The highest BCUT2D eigenvalue weighted by atomic mass is 15.1. The molecule has 1 aromatic heterocycles. The molecule has 0 saturated carbocycles. The van der Waals surface area contributed by atoms with Gasteiger partial charge in [0.15, 0.2) is 0 Å². The number of hydrogen-bond donors (Lipinski definition) is 3. The Bertz CT molecular complexity index is 343. The lowest BCUT2D eigenvalue weighted by Gasteiger charge is -2.19. The smallest absolute Gasteiger partial charge is 0.131 e. The number of nitrogens with zero attached hydrogens (tertiary/aromatic N) is 2. The van der Waals surface area contributed by atoms with E-state index in [0.717, 1.165) is 24.0 Å². The fourth-order valence-electron chi connectivity index (χ4n) is 1.25. The van der Waals surface area contributed by atoms with Gasteiger partial charge in [-0.1, -0.05) is 0 Å². The molecule has 90 valence electrons. The SMILES string of the molecule is CCNc1cc(NCC(C)(C)N)nc(C)n1. The van der Waals surface area contributed by atoms with Gasteiger partial charge in [0.1, 0.15) is 17.5 Å². The van der Waals surface area contributed by atoms with Crippen LogP contribution in [0, 0.1) is 6.92 Å². The summed E-state index contributed by atoms with van der Waals surface area (Å²) in [6.45, 7) is 9.37. The molecule has 1 heterocycles. The van der Waals surface area contributed by atoms with Gasteiger partial charge in [-0.15, -0.1) is 0 Å². The molecule has 0 aliphatic carbocycles. The second kappa shape index (κ2) is 5.12. The van der Waals surface area contributed by atoms with Crippen LogP contribution >= 0.6 is 0 Å². The van der Waals surface area contributed by atoms with Crippen molar-refractivity contribution >= 4 is 11.6 Å². The lowest BCUT2D eigenvalue weighted by atomic mass is 10.1. The Morgan fingerprint density at radius 2 is 1.81 bits per heavy atom. The number of rotatable bonds is 5. The zero-order valence-corrected chi connectivity index (χ0v) is 10.5. The fourth-order valence-corrected chi connectivity index (χ4v) is 1.25. The monoisotopic (exact) mass is 223 g/mol. The van der Waals surface area contributed by atoms with Crippen LogP contribution in [0.4, 0.5) is 11.6 Å². The number of aryl methyl sites for hydroxylation is 1. The van der Waals surface area contributed by atoms with Crippen molar-refractivity contribution in [1.29, 1.82) is 0 Å². The van der Waals surface area contributed by atoms with E-state index >= 15 is 0 Å². The van der Waals surface area contributed by atoms with E-state index in [2.05, 4.69) is 20.6 Å². The van der Waals surface area contributed by atoms with Crippen LogP contribution in [0.3, 0.4) is 0 Å². The predicted octanol–water partition coefficient (Wildman–Crippen LogP) is 1.37. The van der Waals surface area contributed by atoms with Crippen molar-refractivity contribution in [2.45, 2.75) is 33.2 Å². The molecule has 5 heteroatoms. The number of nitrogens with one attached hydrogen (secondary N) is 2. The number of anilines is 2. The topological polar surface area (TPSA) is 75.9 Å². The standard InChI is InChI=1S/C11H21N5/c1-5-13-9-6-10(16-8(2)15-9)14-7-11(3,4)12/h6H,5,7,12H2,1-4H3,(H2,13,14,15,16). The van der Waals surface area contributed by atoms with Crippen LogP contribution in [-0.4, -0.2) is 28.6 Å². The van der Waals surface area contributed by atoms with Gasteiger partial charge in [0.2, 0.25) is 0 Å². The van der Waals surface area contributed by atoms with Gasteiger partial charge in [-0.2, -0.15) is 0 Å². The first-order valence-corrected chi connectivity index (χ1v) is 5.53. The van der Waals surface area contributed by atoms with Crippen LogP contribution in [0.25, 0.3) is 0 Å². The Balaban J connectivity index is 2.72. The first kappa shape index (κ1) is 12.7. The molecule has 5 nitrogen and oxygen atoms in total. The van der Waals surface area contributed by atoms with Gasteiger partial charge in [0.25, 0.3) is 0 Å². The Hall–Kier alpha value is -1.36. The molecule has 0 aliphatic heterocycles. The number of hydrogen-bond acceptors (Lipinski definition) is 5. The van der Waals surface area contributed by atoms with Gasteiger partial charge in [-0.25, -0.2) is 9.97 Å². The van der Waals surface area contributed by atoms with E-state index in [-0.39, 0.29) is 5.54 Å². The summed E-state index contributed by atoms with van der Waals surface area (Å²) in [6.07, 6.45) is 0. The van der Waals surface area contributed by atoms with Gasteiger partial charge in [-0.3, -0.25) is 0 Å². The largest absolute Gasteiger partial charge is 0.370 e. The molecule has 0 aromatic carbocycles. The first-order chi connectivity index (χ1) is 7.40. The van der Waals surface area contributed by atoms with Crippen molar-refractivity contribution in [3.63, 3.8) is 0 Å². The summed E-state index contributed by atoms with van der Waals surface area (Å²) in [5.41, 5.74) is 5.64. The van der Waals surface area contributed by atoms with Crippen molar-refractivity contribution in [3.05, 3.63) is 11.9 Å². The third-order valence-corrected chi connectivity index (χ3v) is 1.92.